The lowest BCUT2D eigenvalue weighted by atomic mass is 9.88. The Morgan fingerprint density at radius 1 is 1.31 bits per heavy atom. The van der Waals surface area contributed by atoms with Gasteiger partial charge in [0.25, 0.3) is 0 Å². The molecule has 0 unspecified atom stereocenters. The van der Waals surface area contributed by atoms with Crippen LogP contribution in [0.2, 0.25) is 0 Å². The molecule has 0 spiro atoms. The van der Waals surface area contributed by atoms with Crippen molar-refractivity contribution in [3.8, 4) is 0 Å². The summed E-state index contributed by atoms with van der Waals surface area (Å²) in [7, 11) is 0. The van der Waals surface area contributed by atoms with Crippen LogP contribution in [0.4, 0.5) is 4.39 Å². The van der Waals surface area contributed by atoms with Crippen molar-refractivity contribution in [3.63, 3.8) is 0 Å². The first-order valence-electron chi connectivity index (χ1n) is 5.88. The molecule has 1 aromatic carbocycles. The summed E-state index contributed by atoms with van der Waals surface area (Å²) in [5.74, 6) is -0.190. The van der Waals surface area contributed by atoms with Gasteiger partial charge in [0.1, 0.15) is 5.82 Å². The molecule has 0 aromatic heterocycles. The number of halogens is 1. The molecule has 1 nitrogen and oxygen atoms in total. The number of rotatable bonds is 2. The van der Waals surface area contributed by atoms with Gasteiger partial charge in [-0.15, -0.1) is 0 Å². The van der Waals surface area contributed by atoms with E-state index in [2.05, 4.69) is 0 Å². The fourth-order valence-corrected chi connectivity index (χ4v) is 2.14. The van der Waals surface area contributed by atoms with Crippen LogP contribution in [0, 0.1) is 18.2 Å². The third-order valence-corrected chi connectivity index (χ3v) is 3.17. The molecule has 0 radical (unpaired) electrons. The van der Waals surface area contributed by atoms with Gasteiger partial charge >= 0.3 is 0 Å². The predicted molar refractivity (Wildman–Crippen MR) is 66.8 cm³/mol. The largest absolute Gasteiger partial charge is 0.309 e. The van der Waals surface area contributed by atoms with E-state index < -0.39 is 0 Å². The lowest BCUT2D eigenvalue weighted by Crippen LogP contribution is -2.17. The molecule has 0 amide bonds. The van der Waals surface area contributed by atoms with E-state index in [1.54, 1.807) is 6.07 Å². The average Bonchev–Trinajstić information content (AvgIpc) is 3.02. The summed E-state index contributed by atoms with van der Waals surface area (Å²) >= 11 is 0. The Balaban J connectivity index is 0.000000606. The molecule has 0 heterocycles. The van der Waals surface area contributed by atoms with E-state index >= 15 is 0 Å². The van der Waals surface area contributed by atoms with E-state index in [1.807, 2.05) is 33.8 Å². The number of hydrogen-bond donors (Lipinski definition) is 1. The van der Waals surface area contributed by atoms with Crippen LogP contribution in [0.25, 0.3) is 0 Å². The van der Waals surface area contributed by atoms with Crippen LogP contribution in [-0.4, -0.2) is 5.71 Å². The Bertz CT molecular complexity index is 392. The zero-order valence-electron chi connectivity index (χ0n) is 10.5. The molecule has 2 rings (SSSR count). The molecule has 0 aliphatic heterocycles. The molecule has 0 atom stereocenters. The molecule has 0 bridgehead atoms. The SMILES string of the molecule is CC.CC(=N)C1(c2ccc(F)cc2C)CC1. The van der Waals surface area contributed by atoms with Crippen molar-refractivity contribution in [2.75, 3.05) is 0 Å². The van der Waals surface area contributed by atoms with Gasteiger partial charge in [-0.25, -0.2) is 4.39 Å². The molecule has 1 fully saturated rings. The van der Waals surface area contributed by atoms with Gasteiger partial charge in [0.05, 0.1) is 0 Å². The molecule has 16 heavy (non-hydrogen) atoms. The predicted octanol–water partition coefficient (Wildman–Crippen LogP) is 4.23. The number of benzene rings is 1. The summed E-state index contributed by atoms with van der Waals surface area (Å²) < 4.78 is 12.9. The first-order chi connectivity index (χ1) is 7.56. The van der Waals surface area contributed by atoms with Gasteiger partial charge in [0.15, 0.2) is 0 Å². The van der Waals surface area contributed by atoms with Crippen LogP contribution in [0.1, 0.15) is 44.7 Å². The topological polar surface area (TPSA) is 23.9 Å². The second-order valence-electron chi connectivity index (χ2n) is 4.17. The Hall–Kier alpha value is -1.18. The fraction of sp³-hybridized carbons (Fsp3) is 0.500. The summed E-state index contributed by atoms with van der Waals surface area (Å²) in [5, 5.41) is 7.75. The zero-order chi connectivity index (χ0) is 12.3. The highest BCUT2D eigenvalue weighted by Gasteiger charge is 2.47. The van der Waals surface area contributed by atoms with Gasteiger partial charge in [-0.2, -0.15) is 0 Å². The van der Waals surface area contributed by atoms with Gasteiger partial charge in [-0.1, -0.05) is 19.9 Å². The van der Waals surface area contributed by atoms with E-state index in [0.29, 0.717) is 5.71 Å². The van der Waals surface area contributed by atoms with Crippen molar-refractivity contribution in [1.82, 2.24) is 0 Å². The van der Waals surface area contributed by atoms with Crippen LogP contribution in [-0.2, 0) is 5.41 Å². The van der Waals surface area contributed by atoms with Crippen LogP contribution >= 0.6 is 0 Å². The summed E-state index contributed by atoms with van der Waals surface area (Å²) in [5.41, 5.74) is 2.74. The summed E-state index contributed by atoms with van der Waals surface area (Å²) in [6.07, 6.45) is 2.07. The van der Waals surface area contributed by atoms with Gasteiger partial charge < -0.3 is 5.41 Å². The molecule has 1 saturated carbocycles. The van der Waals surface area contributed by atoms with E-state index in [0.717, 1.165) is 24.0 Å². The maximum Gasteiger partial charge on any atom is 0.123 e. The smallest absolute Gasteiger partial charge is 0.123 e. The third-order valence-electron chi connectivity index (χ3n) is 3.17. The second-order valence-corrected chi connectivity index (χ2v) is 4.17. The molecule has 0 saturated heterocycles. The standard InChI is InChI=1S/C12H14FN.C2H6/c1-8-7-10(13)3-4-11(8)12(5-6-12)9(2)14;1-2/h3-4,7,14H,5-6H2,1-2H3;1-2H3. The summed E-state index contributed by atoms with van der Waals surface area (Å²) in [6.45, 7) is 7.76. The molecular formula is C14H20FN. The highest BCUT2D eigenvalue weighted by molar-refractivity contribution is 5.93. The van der Waals surface area contributed by atoms with Crippen molar-refractivity contribution in [1.29, 1.82) is 5.41 Å². The van der Waals surface area contributed by atoms with Gasteiger partial charge in [-0.3, -0.25) is 0 Å². The Morgan fingerprint density at radius 3 is 2.25 bits per heavy atom. The first-order valence-corrected chi connectivity index (χ1v) is 5.88. The highest BCUT2D eigenvalue weighted by Crippen LogP contribution is 2.50. The number of hydrogen-bond acceptors (Lipinski definition) is 1. The minimum absolute atomic E-state index is 0.0578. The van der Waals surface area contributed by atoms with Gasteiger partial charge in [0.2, 0.25) is 0 Å². The zero-order valence-corrected chi connectivity index (χ0v) is 10.5. The average molecular weight is 221 g/mol. The molecule has 1 N–H and O–H groups in total. The van der Waals surface area contributed by atoms with Crippen LogP contribution in [0.3, 0.4) is 0 Å². The Labute approximate surface area is 97.2 Å². The maximum absolute atomic E-state index is 12.9. The van der Waals surface area contributed by atoms with Crippen molar-refractivity contribution < 1.29 is 4.39 Å². The molecule has 1 aliphatic rings. The van der Waals surface area contributed by atoms with Crippen LogP contribution < -0.4 is 0 Å². The Morgan fingerprint density at radius 2 is 1.88 bits per heavy atom. The second kappa shape index (κ2) is 4.77. The first kappa shape index (κ1) is 12.9. The van der Waals surface area contributed by atoms with Crippen LogP contribution in [0.5, 0.6) is 0 Å². The highest BCUT2D eigenvalue weighted by atomic mass is 19.1. The molecular weight excluding hydrogens is 201 g/mol. The molecule has 2 heteroatoms. The maximum atomic E-state index is 12.9. The van der Waals surface area contributed by atoms with Gasteiger partial charge in [0, 0.05) is 11.1 Å². The normalized spacial score (nSPS) is 16.1. The number of aryl methyl sites for hydroxylation is 1. The van der Waals surface area contributed by atoms with Crippen molar-refractivity contribution in [3.05, 3.63) is 35.1 Å². The molecule has 88 valence electrons. The summed E-state index contributed by atoms with van der Waals surface area (Å²) in [6, 6.07) is 4.87. The molecule has 1 aromatic rings. The van der Waals surface area contributed by atoms with Crippen LogP contribution in [0.15, 0.2) is 18.2 Å². The lowest BCUT2D eigenvalue weighted by Gasteiger charge is -2.16. The van der Waals surface area contributed by atoms with E-state index in [1.165, 1.54) is 6.07 Å². The van der Waals surface area contributed by atoms with Gasteiger partial charge in [-0.05, 0) is 49.9 Å². The van der Waals surface area contributed by atoms with Crippen molar-refractivity contribution >= 4 is 5.71 Å². The van der Waals surface area contributed by atoms with Crippen molar-refractivity contribution in [2.24, 2.45) is 0 Å². The number of nitrogens with one attached hydrogen (secondary N) is 1. The van der Waals surface area contributed by atoms with E-state index in [-0.39, 0.29) is 11.2 Å². The third kappa shape index (κ3) is 2.16. The molecule has 1 aliphatic carbocycles. The lowest BCUT2D eigenvalue weighted by molar-refractivity contribution is 0.625. The van der Waals surface area contributed by atoms with E-state index in [9.17, 15) is 4.39 Å². The monoisotopic (exact) mass is 221 g/mol. The Kier molecular flexibility index (Phi) is 3.84. The van der Waals surface area contributed by atoms with Crippen molar-refractivity contribution in [2.45, 2.75) is 46.0 Å². The quantitative estimate of drug-likeness (QED) is 0.723. The fourth-order valence-electron chi connectivity index (χ4n) is 2.14. The minimum Gasteiger partial charge on any atom is -0.309 e. The van der Waals surface area contributed by atoms with E-state index in [4.69, 9.17) is 5.41 Å². The summed E-state index contributed by atoms with van der Waals surface area (Å²) in [4.78, 5) is 0. The minimum atomic E-state index is -0.190.